The van der Waals surface area contributed by atoms with Crippen LogP contribution in [0.4, 0.5) is 19.1 Å². The Balaban J connectivity index is 1.75. The maximum Gasteiger partial charge on any atom is 0.434 e. The fourth-order valence-corrected chi connectivity index (χ4v) is 4.40. The van der Waals surface area contributed by atoms with Gasteiger partial charge >= 0.3 is 6.18 Å². The minimum atomic E-state index is -4.51. The van der Waals surface area contributed by atoms with E-state index in [9.17, 15) is 13.2 Å². The van der Waals surface area contributed by atoms with E-state index in [2.05, 4.69) is 25.9 Å². The van der Waals surface area contributed by atoms with Gasteiger partial charge in [0.15, 0.2) is 5.69 Å². The van der Waals surface area contributed by atoms with Gasteiger partial charge in [-0.2, -0.15) is 13.2 Å². The number of fused-ring (bicyclic) bond motifs is 3. The summed E-state index contributed by atoms with van der Waals surface area (Å²) in [6.45, 7) is 4.73. The molecule has 1 aromatic carbocycles. The van der Waals surface area contributed by atoms with E-state index in [1.165, 1.54) is 4.40 Å². The van der Waals surface area contributed by atoms with Gasteiger partial charge in [-0.25, -0.2) is 9.97 Å². The molecule has 1 spiro atoms. The van der Waals surface area contributed by atoms with Crippen LogP contribution < -0.4 is 4.90 Å². The molecule has 2 saturated heterocycles. The first-order valence-corrected chi connectivity index (χ1v) is 8.94. The molecule has 5 rings (SSSR count). The molecule has 3 aromatic rings. The molecule has 26 heavy (non-hydrogen) atoms. The third-order valence-corrected chi connectivity index (χ3v) is 5.63. The van der Waals surface area contributed by atoms with Gasteiger partial charge < -0.3 is 9.64 Å². The molecule has 0 atom stereocenters. The minimum Gasteiger partial charge on any atom is -0.380 e. The van der Waals surface area contributed by atoms with Crippen molar-refractivity contribution in [3.63, 3.8) is 0 Å². The van der Waals surface area contributed by atoms with E-state index in [-0.39, 0.29) is 11.1 Å². The topological polar surface area (TPSA) is 42.7 Å². The number of hydrogen-bond acceptors (Lipinski definition) is 4. The van der Waals surface area contributed by atoms with Gasteiger partial charge in [-0.1, -0.05) is 0 Å². The monoisotopic (exact) mass is 426 g/mol. The fourth-order valence-electron chi connectivity index (χ4n) is 3.73. The molecule has 2 aromatic heterocycles. The number of alkyl halides is 3. The Morgan fingerprint density at radius 3 is 2.54 bits per heavy atom. The summed E-state index contributed by atoms with van der Waals surface area (Å²) in [4.78, 5) is 10.6. The first kappa shape index (κ1) is 16.3. The van der Waals surface area contributed by atoms with Gasteiger partial charge in [0.25, 0.3) is 0 Å². The second kappa shape index (κ2) is 5.10. The maximum atomic E-state index is 13.3. The number of benzene rings is 1. The van der Waals surface area contributed by atoms with Gasteiger partial charge in [0.1, 0.15) is 5.65 Å². The zero-order valence-electron chi connectivity index (χ0n) is 13.8. The average molecular weight is 427 g/mol. The normalized spacial score (nSPS) is 19.2. The number of anilines is 1. The van der Waals surface area contributed by atoms with Crippen LogP contribution in [0.5, 0.6) is 0 Å². The molecular weight excluding hydrogens is 413 g/mol. The highest BCUT2D eigenvalue weighted by molar-refractivity contribution is 9.10. The highest BCUT2D eigenvalue weighted by Gasteiger charge is 2.50. The molecule has 9 heteroatoms. The van der Waals surface area contributed by atoms with E-state index in [1.807, 2.05) is 24.0 Å². The molecule has 2 fully saturated rings. The molecule has 0 saturated carbocycles. The summed E-state index contributed by atoms with van der Waals surface area (Å²) in [7, 11) is 0. The van der Waals surface area contributed by atoms with Crippen molar-refractivity contribution in [2.24, 2.45) is 5.41 Å². The van der Waals surface area contributed by atoms with Crippen LogP contribution in [0.2, 0.25) is 0 Å². The summed E-state index contributed by atoms with van der Waals surface area (Å²) in [5, 5.41) is 0.596. The molecule has 5 nitrogen and oxygen atoms in total. The molecule has 2 aliphatic rings. The Kier molecular flexibility index (Phi) is 3.20. The standard InChI is InChI=1S/C17H14BrF3N4O/c1-9-2-10-13(11(18)3-9)23-15(24-5-16(6-24)7-26-8-16)25-4-12(17(19,20)21)22-14(10)25/h2-4H,5-8H2,1H3. The van der Waals surface area contributed by atoms with Crippen molar-refractivity contribution in [1.82, 2.24) is 14.4 Å². The second-order valence-electron chi connectivity index (χ2n) is 7.22. The predicted molar refractivity (Wildman–Crippen MR) is 93.4 cm³/mol. The minimum absolute atomic E-state index is 0.126. The highest BCUT2D eigenvalue weighted by Crippen LogP contribution is 2.41. The van der Waals surface area contributed by atoms with Crippen molar-refractivity contribution >= 4 is 38.4 Å². The van der Waals surface area contributed by atoms with Crippen LogP contribution in [-0.2, 0) is 10.9 Å². The molecule has 136 valence electrons. The summed E-state index contributed by atoms with van der Waals surface area (Å²) < 4.78 is 47.3. The number of aryl methyl sites for hydroxylation is 1. The van der Waals surface area contributed by atoms with Crippen LogP contribution in [0.1, 0.15) is 11.3 Å². The van der Waals surface area contributed by atoms with E-state index in [0.29, 0.717) is 30.1 Å². The summed E-state index contributed by atoms with van der Waals surface area (Å²) in [6, 6.07) is 3.72. The first-order valence-electron chi connectivity index (χ1n) is 8.15. The van der Waals surface area contributed by atoms with Crippen molar-refractivity contribution in [1.29, 1.82) is 0 Å². The third-order valence-electron chi connectivity index (χ3n) is 5.02. The fraction of sp³-hybridized carbons (Fsp3) is 0.412. The SMILES string of the molecule is Cc1cc(Br)c2nc(N3CC4(COC4)C3)n3cc(C(F)(F)F)nc3c2c1. The van der Waals surface area contributed by atoms with Gasteiger partial charge in [0.2, 0.25) is 5.95 Å². The van der Waals surface area contributed by atoms with Crippen LogP contribution in [0.25, 0.3) is 16.6 Å². The molecule has 0 N–H and O–H groups in total. The van der Waals surface area contributed by atoms with E-state index in [0.717, 1.165) is 29.3 Å². The summed E-state index contributed by atoms with van der Waals surface area (Å²) in [5.74, 6) is 0.484. The van der Waals surface area contributed by atoms with E-state index < -0.39 is 11.9 Å². The number of imidazole rings is 1. The predicted octanol–water partition coefficient (Wildman–Crippen LogP) is 3.81. The summed E-state index contributed by atoms with van der Waals surface area (Å²) in [5.41, 5.74) is 1.02. The van der Waals surface area contributed by atoms with Crippen LogP contribution in [0.15, 0.2) is 22.8 Å². The van der Waals surface area contributed by atoms with Crippen molar-refractivity contribution in [3.05, 3.63) is 34.1 Å². The molecule has 0 radical (unpaired) electrons. The lowest BCUT2D eigenvalue weighted by Gasteiger charge is -2.55. The first-order chi connectivity index (χ1) is 12.3. The largest absolute Gasteiger partial charge is 0.434 e. The molecule has 0 unspecified atom stereocenters. The third kappa shape index (κ3) is 2.26. The molecule has 2 aliphatic heterocycles. The van der Waals surface area contributed by atoms with Gasteiger partial charge in [-0.3, -0.25) is 4.40 Å². The lowest BCUT2D eigenvalue weighted by atomic mass is 9.78. The Morgan fingerprint density at radius 1 is 1.19 bits per heavy atom. The van der Waals surface area contributed by atoms with Gasteiger partial charge in [0.05, 0.1) is 24.1 Å². The Bertz CT molecular complexity index is 1050. The van der Waals surface area contributed by atoms with Crippen molar-refractivity contribution in [2.75, 3.05) is 31.2 Å². The second-order valence-corrected chi connectivity index (χ2v) is 8.08. The van der Waals surface area contributed by atoms with Crippen molar-refractivity contribution < 1.29 is 17.9 Å². The average Bonchev–Trinajstić information content (AvgIpc) is 2.90. The zero-order valence-corrected chi connectivity index (χ0v) is 15.4. The van der Waals surface area contributed by atoms with Crippen molar-refractivity contribution in [3.8, 4) is 0 Å². The van der Waals surface area contributed by atoms with E-state index in [1.54, 1.807) is 0 Å². The van der Waals surface area contributed by atoms with Crippen LogP contribution in [-0.4, -0.2) is 40.7 Å². The molecule has 0 amide bonds. The number of halogens is 4. The maximum absolute atomic E-state index is 13.3. The lowest BCUT2D eigenvalue weighted by molar-refractivity contribution is -0.140. The van der Waals surface area contributed by atoms with Crippen LogP contribution in [0, 0.1) is 12.3 Å². The highest BCUT2D eigenvalue weighted by atomic mass is 79.9. The Hall–Kier alpha value is -1.87. The molecular formula is C17H14BrF3N4O. The van der Waals surface area contributed by atoms with E-state index in [4.69, 9.17) is 4.74 Å². The number of hydrogen-bond donors (Lipinski definition) is 0. The summed E-state index contributed by atoms with van der Waals surface area (Å²) in [6.07, 6.45) is -3.47. The smallest absolute Gasteiger partial charge is 0.380 e. The van der Waals surface area contributed by atoms with E-state index >= 15 is 0 Å². The van der Waals surface area contributed by atoms with Crippen LogP contribution in [0.3, 0.4) is 0 Å². The Labute approximate surface area is 154 Å². The summed E-state index contributed by atoms with van der Waals surface area (Å²) >= 11 is 3.49. The number of ether oxygens (including phenoxy) is 1. The lowest BCUT2D eigenvalue weighted by Crippen LogP contribution is -2.66. The number of aromatic nitrogens is 3. The Morgan fingerprint density at radius 2 is 1.92 bits per heavy atom. The van der Waals surface area contributed by atoms with Gasteiger partial charge in [-0.05, 0) is 40.5 Å². The molecule has 0 aliphatic carbocycles. The van der Waals surface area contributed by atoms with Crippen LogP contribution >= 0.6 is 15.9 Å². The van der Waals surface area contributed by atoms with Gasteiger partial charge in [-0.15, -0.1) is 0 Å². The van der Waals surface area contributed by atoms with Crippen molar-refractivity contribution in [2.45, 2.75) is 13.1 Å². The zero-order chi connectivity index (χ0) is 18.3. The van der Waals surface area contributed by atoms with Gasteiger partial charge in [0, 0.05) is 29.1 Å². The molecule has 4 heterocycles. The number of rotatable bonds is 1. The number of nitrogens with zero attached hydrogens (tertiary/aromatic N) is 4. The molecule has 0 bridgehead atoms. The quantitative estimate of drug-likeness (QED) is 0.593.